The topological polar surface area (TPSA) is 33.1 Å². The van der Waals surface area contributed by atoms with E-state index in [9.17, 15) is 0 Å². The molecule has 0 bridgehead atoms. The zero-order valence-electron chi connectivity index (χ0n) is 5.24. The van der Waals surface area contributed by atoms with E-state index >= 15 is 0 Å². The van der Waals surface area contributed by atoms with Crippen LogP contribution in [-0.2, 0) is 0 Å². The number of thiazole rings is 1. The fourth-order valence-electron chi connectivity index (χ4n) is 0.574. The predicted molar refractivity (Wildman–Crippen MR) is 37.4 cm³/mol. The van der Waals surface area contributed by atoms with Crippen LogP contribution >= 0.6 is 11.3 Å². The highest BCUT2D eigenvalue weighted by Gasteiger charge is 2.04. The molecule has 1 aromatic heterocycles. The minimum Gasteiger partial charge on any atom is -0.386 e. The van der Waals surface area contributed by atoms with Crippen molar-refractivity contribution in [3.8, 4) is 0 Å². The van der Waals surface area contributed by atoms with E-state index in [1.807, 2.05) is 12.3 Å². The Balaban J connectivity index is 2.65. The van der Waals surface area contributed by atoms with E-state index in [0.29, 0.717) is 0 Å². The number of aliphatic hydroxyl groups is 1. The molecule has 0 amide bonds. The van der Waals surface area contributed by atoms with E-state index in [0.717, 1.165) is 11.4 Å². The first-order valence-corrected chi connectivity index (χ1v) is 3.80. The zero-order valence-corrected chi connectivity index (χ0v) is 6.06. The third-order valence-electron chi connectivity index (χ3n) is 1.12. The van der Waals surface area contributed by atoms with E-state index in [2.05, 4.69) is 4.98 Å². The zero-order chi connectivity index (χ0) is 6.69. The fraction of sp³-hybridized carbons (Fsp3) is 0.500. The van der Waals surface area contributed by atoms with Gasteiger partial charge in [0.1, 0.15) is 11.1 Å². The van der Waals surface area contributed by atoms with E-state index in [4.69, 9.17) is 5.11 Å². The average Bonchev–Trinajstić information content (AvgIpc) is 2.37. The van der Waals surface area contributed by atoms with Gasteiger partial charge < -0.3 is 5.11 Å². The molecule has 1 atom stereocenters. The molecule has 1 aromatic rings. The Morgan fingerprint density at radius 1 is 1.89 bits per heavy atom. The molecule has 0 spiro atoms. The molecule has 0 aliphatic carbocycles. The van der Waals surface area contributed by atoms with Gasteiger partial charge in [-0.1, -0.05) is 6.92 Å². The number of rotatable bonds is 2. The van der Waals surface area contributed by atoms with Crippen molar-refractivity contribution in [1.29, 1.82) is 0 Å². The van der Waals surface area contributed by atoms with Gasteiger partial charge in [-0.2, -0.15) is 0 Å². The highest BCUT2D eigenvalue weighted by Crippen LogP contribution is 2.17. The summed E-state index contributed by atoms with van der Waals surface area (Å²) < 4.78 is 0. The minimum absolute atomic E-state index is 0.356. The first-order chi connectivity index (χ1) is 4.34. The standard InChI is InChI=1S/C6H9NOS/c1-2-5(8)6-7-3-4-9-6/h3-5,8H,2H2,1H3/t5-/m1/s1. The summed E-state index contributed by atoms with van der Waals surface area (Å²) in [6.07, 6.45) is 2.09. The highest BCUT2D eigenvalue weighted by atomic mass is 32.1. The first-order valence-electron chi connectivity index (χ1n) is 2.92. The summed E-state index contributed by atoms with van der Waals surface area (Å²) in [6, 6.07) is 0. The summed E-state index contributed by atoms with van der Waals surface area (Å²) in [5, 5.41) is 11.9. The summed E-state index contributed by atoms with van der Waals surface area (Å²) >= 11 is 1.49. The van der Waals surface area contributed by atoms with Crippen molar-refractivity contribution >= 4 is 11.3 Å². The molecule has 1 rings (SSSR count). The van der Waals surface area contributed by atoms with Crippen molar-refractivity contribution in [3.05, 3.63) is 16.6 Å². The molecule has 0 fully saturated rings. The second-order valence-corrected chi connectivity index (χ2v) is 2.72. The van der Waals surface area contributed by atoms with Gasteiger partial charge in [0.05, 0.1) is 0 Å². The summed E-state index contributed by atoms with van der Waals surface area (Å²) in [6.45, 7) is 1.94. The second kappa shape index (κ2) is 2.94. The lowest BCUT2D eigenvalue weighted by Gasteiger charge is -1.99. The molecule has 0 radical (unpaired) electrons. The molecule has 0 saturated heterocycles. The molecule has 3 heteroatoms. The molecule has 0 saturated carbocycles. The van der Waals surface area contributed by atoms with Crippen molar-refractivity contribution in [1.82, 2.24) is 4.98 Å². The quantitative estimate of drug-likeness (QED) is 0.682. The maximum atomic E-state index is 9.17. The minimum atomic E-state index is -0.356. The van der Waals surface area contributed by atoms with Crippen molar-refractivity contribution in [2.45, 2.75) is 19.4 Å². The van der Waals surface area contributed by atoms with E-state index in [1.165, 1.54) is 11.3 Å². The Hall–Kier alpha value is -0.410. The number of hydrogen-bond acceptors (Lipinski definition) is 3. The van der Waals surface area contributed by atoms with Crippen LogP contribution in [0.1, 0.15) is 24.5 Å². The van der Waals surface area contributed by atoms with Crippen molar-refractivity contribution < 1.29 is 5.11 Å². The largest absolute Gasteiger partial charge is 0.386 e. The van der Waals surface area contributed by atoms with Crippen molar-refractivity contribution in [3.63, 3.8) is 0 Å². The van der Waals surface area contributed by atoms with Crippen LogP contribution in [-0.4, -0.2) is 10.1 Å². The molecule has 50 valence electrons. The van der Waals surface area contributed by atoms with Gasteiger partial charge >= 0.3 is 0 Å². The molecule has 1 N–H and O–H groups in total. The molecular formula is C6H9NOS. The molecule has 0 aromatic carbocycles. The average molecular weight is 143 g/mol. The van der Waals surface area contributed by atoms with Crippen LogP contribution in [0.2, 0.25) is 0 Å². The smallest absolute Gasteiger partial charge is 0.121 e. The third-order valence-corrected chi connectivity index (χ3v) is 2.00. The van der Waals surface area contributed by atoms with Gasteiger partial charge in [-0.3, -0.25) is 0 Å². The van der Waals surface area contributed by atoms with Crippen LogP contribution in [0.4, 0.5) is 0 Å². The Morgan fingerprint density at radius 2 is 2.67 bits per heavy atom. The van der Waals surface area contributed by atoms with Crippen LogP contribution in [0, 0.1) is 0 Å². The number of aromatic nitrogens is 1. The Bertz CT molecular complexity index is 162. The van der Waals surface area contributed by atoms with Gasteiger partial charge in [-0.25, -0.2) is 4.98 Å². The van der Waals surface area contributed by atoms with Gasteiger partial charge in [0.2, 0.25) is 0 Å². The van der Waals surface area contributed by atoms with E-state index in [1.54, 1.807) is 6.20 Å². The van der Waals surface area contributed by atoms with E-state index in [-0.39, 0.29) is 6.10 Å². The van der Waals surface area contributed by atoms with Crippen LogP contribution in [0.15, 0.2) is 11.6 Å². The fourth-order valence-corrected chi connectivity index (χ4v) is 1.28. The Morgan fingerprint density at radius 3 is 3.11 bits per heavy atom. The maximum Gasteiger partial charge on any atom is 0.121 e. The van der Waals surface area contributed by atoms with Crippen LogP contribution in [0.3, 0.4) is 0 Å². The number of aliphatic hydroxyl groups excluding tert-OH is 1. The van der Waals surface area contributed by atoms with Gasteiger partial charge in [0, 0.05) is 11.6 Å². The lowest BCUT2D eigenvalue weighted by Crippen LogP contribution is -1.92. The summed E-state index contributed by atoms with van der Waals surface area (Å²) in [5.41, 5.74) is 0. The first kappa shape index (κ1) is 6.71. The molecule has 9 heavy (non-hydrogen) atoms. The van der Waals surface area contributed by atoms with Gasteiger partial charge in [0.15, 0.2) is 0 Å². The SMILES string of the molecule is CC[C@@H](O)c1nccs1. The number of hydrogen-bond donors (Lipinski definition) is 1. The summed E-state index contributed by atoms with van der Waals surface area (Å²) in [5.74, 6) is 0. The van der Waals surface area contributed by atoms with Crippen LogP contribution < -0.4 is 0 Å². The van der Waals surface area contributed by atoms with Gasteiger partial charge in [-0.15, -0.1) is 11.3 Å². The molecule has 2 nitrogen and oxygen atoms in total. The molecule has 0 unspecified atom stereocenters. The van der Waals surface area contributed by atoms with Crippen LogP contribution in [0.25, 0.3) is 0 Å². The third kappa shape index (κ3) is 1.50. The molecule has 0 aliphatic heterocycles. The summed E-state index contributed by atoms with van der Waals surface area (Å²) in [7, 11) is 0. The monoisotopic (exact) mass is 143 g/mol. The highest BCUT2D eigenvalue weighted by molar-refractivity contribution is 7.09. The lowest BCUT2D eigenvalue weighted by molar-refractivity contribution is 0.173. The molecule has 0 aliphatic rings. The second-order valence-electron chi connectivity index (χ2n) is 1.79. The van der Waals surface area contributed by atoms with E-state index < -0.39 is 0 Å². The van der Waals surface area contributed by atoms with Crippen molar-refractivity contribution in [2.24, 2.45) is 0 Å². The van der Waals surface area contributed by atoms with Gasteiger partial charge in [0.25, 0.3) is 0 Å². The van der Waals surface area contributed by atoms with Crippen molar-refractivity contribution in [2.75, 3.05) is 0 Å². The number of nitrogens with zero attached hydrogens (tertiary/aromatic N) is 1. The van der Waals surface area contributed by atoms with Crippen LogP contribution in [0.5, 0.6) is 0 Å². The van der Waals surface area contributed by atoms with Gasteiger partial charge in [-0.05, 0) is 6.42 Å². The maximum absolute atomic E-state index is 9.17. The normalized spacial score (nSPS) is 13.6. The Labute approximate surface area is 58.2 Å². The predicted octanol–water partition coefficient (Wildman–Crippen LogP) is 1.59. The summed E-state index contributed by atoms with van der Waals surface area (Å²) in [4.78, 5) is 3.96. The Kier molecular flexibility index (Phi) is 2.19. The lowest BCUT2D eigenvalue weighted by atomic mass is 10.3. The molecular weight excluding hydrogens is 134 g/mol. The molecule has 1 heterocycles.